The van der Waals surface area contributed by atoms with Gasteiger partial charge in [0.2, 0.25) is 0 Å². The molecule has 2 aliphatic rings. The summed E-state index contributed by atoms with van der Waals surface area (Å²) in [5, 5.41) is 6.85. The van der Waals surface area contributed by atoms with E-state index in [-0.39, 0.29) is 30.1 Å². The number of nitrogens with one attached hydrogen (secondary N) is 3. The van der Waals surface area contributed by atoms with Crippen molar-refractivity contribution in [3.8, 4) is 22.4 Å². The minimum absolute atomic E-state index is 0.00317. The number of nitrogens with zero attached hydrogens (tertiary/aromatic N) is 3. The van der Waals surface area contributed by atoms with Gasteiger partial charge in [-0.05, 0) is 141 Å². The number of anilines is 4. The molecule has 0 radical (unpaired) electrons. The number of sulfone groups is 1. The predicted octanol–water partition coefficient (Wildman–Crippen LogP) is 12.2. The van der Waals surface area contributed by atoms with E-state index in [1.165, 1.54) is 17.8 Å². The zero-order chi connectivity index (χ0) is 48.7. The zero-order valence-electron chi connectivity index (χ0n) is 38.3. The van der Waals surface area contributed by atoms with Crippen molar-refractivity contribution >= 4 is 80.1 Å². The van der Waals surface area contributed by atoms with E-state index in [0.717, 1.165) is 121 Å². The number of hydrogen-bond donors (Lipinski definition) is 3. The number of piperazine rings is 1. The molecule has 10 nitrogen and oxygen atoms in total. The van der Waals surface area contributed by atoms with Crippen LogP contribution in [0, 0.1) is 12.8 Å². The molecule has 2 heterocycles. The lowest BCUT2D eigenvalue weighted by atomic mass is 9.87. The van der Waals surface area contributed by atoms with Crippen LogP contribution in [0.4, 0.5) is 35.9 Å². The number of halogens is 4. The van der Waals surface area contributed by atoms with Crippen molar-refractivity contribution < 1.29 is 31.2 Å². The van der Waals surface area contributed by atoms with Crippen molar-refractivity contribution in [1.82, 2.24) is 9.88 Å². The minimum atomic E-state index is -5.63. The van der Waals surface area contributed by atoms with E-state index >= 15 is 0 Å². The van der Waals surface area contributed by atoms with Crippen LogP contribution in [0.3, 0.4) is 0 Å². The molecule has 0 unspecified atom stereocenters. The molecule has 2 fully saturated rings. The second-order valence-corrected chi connectivity index (χ2v) is 21.5. The average Bonchev–Trinajstić information content (AvgIpc) is 3.67. The van der Waals surface area contributed by atoms with Crippen LogP contribution in [0.15, 0.2) is 136 Å². The Kier molecular flexibility index (Phi) is 15.9. The monoisotopic (exact) mass is 1010 g/mol. The number of aldehydes is 1. The smallest absolute Gasteiger partial charge is 0.383 e. The highest BCUT2D eigenvalue weighted by Gasteiger charge is 2.48. The summed E-state index contributed by atoms with van der Waals surface area (Å²) in [6.07, 6.45) is 4.10. The van der Waals surface area contributed by atoms with Crippen LogP contribution in [0.1, 0.15) is 48.7 Å². The van der Waals surface area contributed by atoms with Crippen molar-refractivity contribution in [3.63, 3.8) is 0 Å². The molecule has 5 aromatic carbocycles. The lowest BCUT2D eigenvalue weighted by molar-refractivity contribution is -0.111. The van der Waals surface area contributed by atoms with E-state index < -0.39 is 20.2 Å². The normalized spacial score (nSPS) is 16.6. The highest BCUT2D eigenvalue weighted by molar-refractivity contribution is 8.00. The molecule has 3 N–H and O–H groups in total. The standard InChI is InChI=1S/C52H54ClF3N6O4S3/c1-3-62-35(2)48(51(64)58-40-18-12-36(34-63)13-19-40)49(50(62)37-14-16-39(53)17-15-37)38-8-7-9-43(32-38)61-29-27-60(28-30-61)42-22-20-41(21-23-42)59-68-45-24-25-46(47(33-45)69(65,66)52(54,55)56)57-26-31-67-44-10-5-4-6-11-44/h4-11,14-17,20-25,32-34,36,40,57,59H,3,12-13,18-19,26-31H2,1-2H3,(H,58,64). The van der Waals surface area contributed by atoms with Gasteiger partial charge in [-0.15, -0.1) is 11.8 Å². The van der Waals surface area contributed by atoms with Gasteiger partial charge in [-0.1, -0.05) is 54.1 Å². The Labute approximate surface area is 415 Å². The van der Waals surface area contributed by atoms with Crippen LogP contribution in [0.5, 0.6) is 0 Å². The molecular weight excluding hydrogens is 961 g/mol. The van der Waals surface area contributed by atoms with E-state index in [1.54, 1.807) is 6.07 Å². The number of carbonyl (C=O) groups is 2. The second kappa shape index (κ2) is 22.0. The van der Waals surface area contributed by atoms with Gasteiger partial charge in [0.1, 0.15) is 11.2 Å². The molecule has 17 heteroatoms. The molecule has 1 saturated carbocycles. The van der Waals surface area contributed by atoms with E-state index in [2.05, 4.69) is 54.8 Å². The second-order valence-electron chi connectivity index (χ2n) is 17.1. The highest BCUT2D eigenvalue weighted by Crippen LogP contribution is 2.42. The highest BCUT2D eigenvalue weighted by atomic mass is 35.5. The van der Waals surface area contributed by atoms with Gasteiger partial charge in [0.15, 0.2) is 0 Å². The first-order valence-corrected chi connectivity index (χ1v) is 26.7. The minimum Gasteiger partial charge on any atom is -0.383 e. The zero-order valence-corrected chi connectivity index (χ0v) is 41.5. The fraction of sp³-hybridized carbons (Fsp3) is 0.308. The summed E-state index contributed by atoms with van der Waals surface area (Å²) >= 11 is 8.89. The van der Waals surface area contributed by atoms with Gasteiger partial charge in [0.05, 0.1) is 16.9 Å². The van der Waals surface area contributed by atoms with Crippen molar-refractivity contribution in [2.45, 2.75) is 72.3 Å². The van der Waals surface area contributed by atoms with Crippen LogP contribution < -0.4 is 25.2 Å². The number of thioether (sulfide) groups is 1. The summed E-state index contributed by atoms with van der Waals surface area (Å²) in [5.74, 6) is 0.453. The third kappa shape index (κ3) is 11.6. The topological polar surface area (TPSA) is 116 Å². The Hall–Kier alpha value is -5.55. The van der Waals surface area contributed by atoms with Crippen LogP contribution in [-0.2, 0) is 21.2 Å². The fourth-order valence-corrected chi connectivity index (χ4v) is 11.8. The van der Waals surface area contributed by atoms with Crippen molar-refractivity contribution in [2.75, 3.05) is 58.3 Å². The van der Waals surface area contributed by atoms with E-state index in [1.807, 2.05) is 91.9 Å². The third-order valence-electron chi connectivity index (χ3n) is 12.8. The van der Waals surface area contributed by atoms with E-state index in [0.29, 0.717) is 33.5 Å². The van der Waals surface area contributed by atoms with Crippen LogP contribution in [0.2, 0.25) is 5.02 Å². The predicted molar refractivity (Wildman–Crippen MR) is 276 cm³/mol. The largest absolute Gasteiger partial charge is 0.501 e. The van der Waals surface area contributed by atoms with Crippen molar-refractivity contribution in [1.29, 1.82) is 0 Å². The molecule has 1 aromatic heterocycles. The number of carbonyl (C=O) groups excluding carboxylic acids is 2. The van der Waals surface area contributed by atoms with Gasteiger partial charge in [0.25, 0.3) is 15.7 Å². The number of aromatic nitrogens is 1. The van der Waals surface area contributed by atoms with Gasteiger partial charge < -0.3 is 34.5 Å². The Morgan fingerprint density at radius 3 is 2.13 bits per heavy atom. The first-order chi connectivity index (χ1) is 33.2. The number of rotatable bonds is 17. The number of alkyl halides is 3. The fourth-order valence-electron chi connectivity index (χ4n) is 9.13. The number of hydrogen-bond acceptors (Lipinski definition) is 10. The number of amides is 1. The molecular formula is C52H54ClF3N6O4S3. The van der Waals surface area contributed by atoms with Gasteiger partial charge in [-0.2, -0.15) is 13.2 Å². The Morgan fingerprint density at radius 1 is 0.797 bits per heavy atom. The molecule has 362 valence electrons. The van der Waals surface area contributed by atoms with Crippen molar-refractivity contribution in [3.05, 3.63) is 138 Å². The average molecular weight is 1020 g/mol. The van der Waals surface area contributed by atoms with Crippen LogP contribution in [-0.4, -0.2) is 75.2 Å². The Balaban J connectivity index is 0.936. The molecule has 69 heavy (non-hydrogen) atoms. The first kappa shape index (κ1) is 49.9. The first-order valence-electron chi connectivity index (χ1n) is 23.0. The maximum absolute atomic E-state index is 14.4. The summed E-state index contributed by atoms with van der Waals surface area (Å²) in [6.45, 7) is 7.99. The van der Waals surface area contributed by atoms with Gasteiger partial charge >= 0.3 is 5.51 Å². The van der Waals surface area contributed by atoms with Gasteiger partial charge in [-0.25, -0.2) is 8.42 Å². The Morgan fingerprint density at radius 2 is 1.48 bits per heavy atom. The Bertz CT molecular complexity index is 2850. The molecule has 8 rings (SSSR count). The molecule has 1 amide bonds. The molecule has 0 atom stereocenters. The maximum atomic E-state index is 14.4. The van der Waals surface area contributed by atoms with Gasteiger partial charge in [-0.3, -0.25) is 4.79 Å². The summed E-state index contributed by atoms with van der Waals surface area (Å²) < 4.78 is 72.2. The maximum Gasteiger partial charge on any atom is 0.501 e. The lowest BCUT2D eigenvalue weighted by Gasteiger charge is -2.37. The number of benzene rings is 5. The van der Waals surface area contributed by atoms with Crippen molar-refractivity contribution in [2.24, 2.45) is 5.92 Å². The summed E-state index contributed by atoms with van der Waals surface area (Å²) in [7, 11) is -5.63. The van der Waals surface area contributed by atoms with Crippen LogP contribution in [0.25, 0.3) is 22.4 Å². The molecule has 1 aliphatic heterocycles. The van der Waals surface area contributed by atoms with E-state index in [4.69, 9.17) is 11.6 Å². The van der Waals surface area contributed by atoms with Gasteiger partial charge in [0, 0.05) is 100 Å². The molecule has 0 spiro atoms. The molecule has 6 aromatic rings. The lowest BCUT2D eigenvalue weighted by Crippen LogP contribution is -2.46. The SMILES string of the molecule is CCn1c(C)c(C(=O)NC2CCC(C=O)CC2)c(-c2cccc(N3CCN(c4ccc(NSc5ccc(NCCSc6ccccc6)c(S(=O)(=O)C(F)(F)F)c5)cc4)CC3)c2)c1-c1ccc(Cl)cc1. The third-order valence-corrected chi connectivity index (χ3v) is 16.4. The summed E-state index contributed by atoms with van der Waals surface area (Å²) in [6, 6.07) is 37.4. The molecule has 1 aliphatic carbocycles. The van der Waals surface area contributed by atoms with Crippen LogP contribution >= 0.6 is 35.3 Å². The molecule has 1 saturated heterocycles. The van der Waals surface area contributed by atoms with E-state index in [9.17, 15) is 31.2 Å². The molecule has 0 bridgehead atoms. The summed E-state index contributed by atoms with van der Waals surface area (Å²) in [5.41, 5.74) is 2.43. The quantitative estimate of drug-likeness (QED) is 0.0353. The summed E-state index contributed by atoms with van der Waals surface area (Å²) in [4.78, 5) is 31.0.